The van der Waals surface area contributed by atoms with Crippen molar-refractivity contribution >= 4 is 0 Å². The second-order valence-electron chi connectivity index (χ2n) is 2.96. The molecule has 1 heterocycles. The molecule has 1 atom stereocenters. The minimum Gasteiger partial charge on any atom is -0.193 e. The Morgan fingerprint density at radius 1 is 1.50 bits per heavy atom. The van der Waals surface area contributed by atoms with Gasteiger partial charge in [-0.05, 0) is 31.3 Å². The van der Waals surface area contributed by atoms with E-state index in [0.29, 0.717) is 6.04 Å². The van der Waals surface area contributed by atoms with Crippen molar-refractivity contribution in [1.29, 1.82) is 0 Å². The van der Waals surface area contributed by atoms with E-state index in [1.807, 2.05) is 0 Å². The molecule has 0 fully saturated rings. The van der Waals surface area contributed by atoms with Crippen LogP contribution in [0.2, 0.25) is 0 Å². The first-order valence-electron chi connectivity index (χ1n) is 4.02. The molecule has 0 aromatic carbocycles. The number of hydrogen-bond acceptors (Lipinski definition) is 2. The van der Waals surface area contributed by atoms with Gasteiger partial charge in [-0.15, -0.1) is 0 Å². The van der Waals surface area contributed by atoms with E-state index in [4.69, 9.17) is 0 Å². The predicted molar refractivity (Wildman–Crippen MR) is 40.1 cm³/mol. The molecule has 0 saturated carbocycles. The third kappa shape index (κ3) is 0.981. The summed E-state index contributed by atoms with van der Waals surface area (Å²) in [6.07, 6.45) is 7.31. The van der Waals surface area contributed by atoms with E-state index < -0.39 is 0 Å². The standard InChI is InChI=1S/C8H12N2/c1-2-4-8-7(3-1)5-6-9-10-8/h3,8H,1-2,4-6H2. The fraction of sp³-hybridized carbons (Fsp3) is 0.750. The summed E-state index contributed by atoms with van der Waals surface area (Å²) in [6.45, 7) is 0.919. The molecular formula is C8H12N2. The topological polar surface area (TPSA) is 24.7 Å². The maximum atomic E-state index is 4.21. The van der Waals surface area contributed by atoms with Crippen LogP contribution in [0.15, 0.2) is 21.9 Å². The first-order valence-corrected chi connectivity index (χ1v) is 4.02. The van der Waals surface area contributed by atoms with Crippen molar-refractivity contribution in [1.82, 2.24) is 0 Å². The van der Waals surface area contributed by atoms with Crippen LogP contribution in [0.4, 0.5) is 0 Å². The Kier molecular flexibility index (Phi) is 1.53. The van der Waals surface area contributed by atoms with Crippen LogP contribution in [0.3, 0.4) is 0 Å². The quantitative estimate of drug-likeness (QED) is 0.456. The molecule has 2 aliphatic rings. The molecule has 0 N–H and O–H groups in total. The maximum Gasteiger partial charge on any atom is 0.0918 e. The van der Waals surface area contributed by atoms with Crippen LogP contribution in [0, 0.1) is 0 Å². The largest absolute Gasteiger partial charge is 0.193 e. The monoisotopic (exact) mass is 136 g/mol. The van der Waals surface area contributed by atoms with Gasteiger partial charge in [0.25, 0.3) is 0 Å². The van der Waals surface area contributed by atoms with Gasteiger partial charge in [0.1, 0.15) is 0 Å². The predicted octanol–water partition coefficient (Wildman–Crippen LogP) is 2.32. The number of fused-ring (bicyclic) bond motifs is 1. The molecule has 0 aromatic rings. The van der Waals surface area contributed by atoms with Crippen molar-refractivity contribution in [2.75, 3.05) is 6.54 Å². The summed E-state index contributed by atoms with van der Waals surface area (Å²) in [5, 5.41) is 8.25. The SMILES string of the molecule is C1=C2CCN=NC2CCC1. The Morgan fingerprint density at radius 3 is 3.40 bits per heavy atom. The van der Waals surface area contributed by atoms with Crippen LogP contribution in [-0.4, -0.2) is 12.6 Å². The lowest BCUT2D eigenvalue weighted by molar-refractivity contribution is 0.539. The Morgan fingerprint density at radius 2 is 2.50 bits per heavy atom. The van der Waals surface area contributed by atoms with Crippen molar-refractivity contribution in [3.05, 3.63) is 11.6 Å². The highest BCUT2D eigenvalue weighted by Gasteiger charge is 2.18. The van der Waals surface area contributed by atoms with Crippen molar-refractivity contribution in [3.63, 3.8) is 0 Å². The second-order valence-corrected chi connectivity index (χ2v) is 2.96. The molecule has 2 nitrogen and oxygen atoms in total. The summed E-state index contributed by atoms with van der Waals surface area (Å²) in [4.78, 5) is 0. The highest BCUT2D eigenvalue weighted by Crippen LogP contribution is 2.26. The fourth-order valence-electron chi connectivity index (χ4n) is 1.66. The Bertz CT molecular complexity index is 182. The molecule has 1 aliphatic heterocycles. The lowest BCUT2D eigenvalue weighted by atomic mass is 9.92. The van der Waals surface area contributed by atoms with Crippen LogP contribution in [0.5, 0.6) is 0 Å². The van der Waals surface area contributed by atoms with E-state index in [1.165, 1.54) is 19.3 Å². The molecule has 10 heavy (non-hydrogen) atoms. The van der Waals surface area contributed by atoms with Gasteiger partial charge >= 0.3 is 0 Å². The summed E-state index contributed by atoms with van der Waals surface area (Å²) in [7, 11) is 0. The van der Waals surface area contributed by atoms with Crippen LogP contribution in [0.1, 0.15) is 25.7 Å². The minimum atomic E-state index is 0.475. The molecule has 2 rings (SSSR count). The van der Waals surface area contributed by atoms with Gasteiger partial charge in [0, 0.05) is 0 Å². The third-order valence-electron chi connectivity index (χ3n) is 2.24. The van der Waals surface area contributed by atoms with Gasteiger partial charge < -0.3 is 0 Å². The summed E-state index contributed by atoms with van der Waals surface area (Å²) < 4.78 is 0. The van der Waals surface area contributed by atoms with E-state index in [1.54, 1.807) is 5.57 Å². The molecule has 1 aliphatic carbocycles. The van der Waals surface area contributed by atoms with Gasteiger partial charge in [-0.2, -0.15) is 10.2 Å². The third-order valence-corrected chi connectivity index (χ3v) is 2.24. The molecule has 0 saturated heterocycles. The molecule has 0 spiro atoms. The van der Waals surface area contributed by atoms with E-state index >= 15 is 0 Å². The molecule has 0 amide bonds. The molecular weight excluding hydrogens is 124 g/mol. The Labute approximate surface area is 61.0 Å². The number of azo groups is 1. The lowest BCUT2D eigenvalue weighted by Gasteiger charge is -2.22. The molecule has 0 aromatic heterocycles. The van der Waals surface area contributed by atoms with Gasteiger partial charge in [-0.1, -0.05) is 6.08 Å². The number of rotatable bonds is 0. The molecule has 54 valence electrons. The van der Waals surface area contributed by atoms with Crippen LogP contribution < -0.4 is 0 Å². The molecule has 0 radical (unpaired) electrons. The smallest absolute Gasteiger partial charge is 0.0918 e. The zero-order valence-electron chi connectivity index (χ0n) is 6.08. The fourth-order valence-corrected chi connectivity index (χ4v) is 1.66. The number of allylic oxidation sites excluding steroid dienone is 1. The van der Waals surface area contributed by atoms with Crippen LogP contribution in [0.25, 0.3) is 0 Å². The lowest BCUT2D eigenvalue weighted by Crippen LogP contribution is -2.15. The highest BCUT2D eigenvalue weighted by atomic mass is 15.1. The first-order chi connectivity index (χ1) is 4.97. The van der Waals surface area contributed by atoms with Crippen LogP contribution in [-0.2, 0) is 0 Å². The average Bonchev–Trinajstić information content (AvgIpc) is 2.05. The van der Waals surface area contributed by atoms with Crippen molar-refractivity contribution in [2.45, 2.75) is 31.7 Å². The van der Waals surface area contributed by atoms with E-state index in [0.717, 1.165) is 13.0 Å². The number of nitrogens with zero attached hydrogens (tertiary/aromatic N) is 2. The summed E-state index contributed by atoms with van der Waals surface area (Å²) in [5.41, 5.74) is 1.54. The molecule has 0 bridgehead atoms. The van der Waals surface area contributed by atoms with Gasteiger partial charge in [0.05, 0.1) is 12.6 Å². The Hall–Kier alpha value is -0.660. The Balaban J connectivity index is 2.20. The zero-order valence-corrected chi connectivity index (χ0v) is 6.08. The second kappa shape index (κ2) is 2.52. The van der Waals surface area contributed by atoms with Gasteiger partial charge in [-0.25, -0.2) is 0 Å². The van der Waals surface area contributed by atoms with Gasteiger partial charge in [0.2, 0.25) is 0 Å². The molecule has 2 heteroatoms. The highest BCUT2D eigenvalue weighted by molar-refractivity contribution is 5.15. The van der Waals surface area contributed by atoms with Crippen molar-refractivity contribution in [3.8, 4) is 0 Å². The first kappa shape index (κ1) is 6.08. The summed E-state index contributed by atoms with van der Waals surface area (Å²) in [6, 6.07) is 0.475. The zero-order chi connectivity index (χ0) is 6.81. The van der Waals surface area contributed by atoms with Gasteiger partial charge in [-0.3, -0.25) is 0 Å². The maximum absolute atomic E-state index is 4.21. The summed E-state index contributed by atoms with van der Waals surface area (Å²) >= 11 is 0. The molecule has 1 unspecified atom stereocenters. The van der Waals surface area contributed by atoms with Crippen molar-refractivity contribution < 1.29 is 0 Å². The van der Waals surface area contributed by atoms with E-state index in [2.05, 4.69) is 16.3 Å². The van der Waals surface area contributed by atoms with Crippen LogP contribution >= 0.6 is 0 Å². The van der Waals surface area contributed by atoms with E-state index in [-0.39, 0.29) is 0 Å². The minimum absolute atomic E-state index is 0.475. The van der Waals surface area contributed by atoms with Gasteiger partial charge in [0.15, 0.2) is 0 Å². The summed E-state index contributed by atoms with van der Waals surface area (Å²) in [5.74, 6) is 0. The normalized spacial score (nSPS) is 31.2. The number of hydrogen-bond donors (Lipinski definition) is 0. The van der Waals surface area contributed by atoms with Crippen molar-refractivity contribution in [2.24, 2.45) is 10.2 Å². The van der Waals surface area contributed by atoms with E-state index in [9.17, 15) is 0 Å². The average molecular weight is 136 g/mol.